The minimum absolute atomic E-state index is 0.0821. The third-order valence-corrected chi connectivity index (χ3v) is 10.6. The number of nitrogens with one attached hydrogen (secondary N) is 1. The highest BCUT2D eigenvalue weighted by Gasteiger charge is 2.55. The number of nitrogens with zero attached hydrogens (tertiary/aromatic N) is 5. The van der Waals surface area contributed by atoms with Gasteiger partial charge in [0.15, 0.2) is 0 Å². The summed E-state index contributed by atoms with van der Waals surface area (Å²) in [5, 5.41) is 15.8. The van der Waals surface area contributed by atoms with E-state index in [9.17, 15) is 9.90 Å². The van der Waals surface area contributed by atoms with Crippen LogP contribution in [0.25, 0.3) is 0 Å². The lowest BCUT2D eigenvalue weighted by atomic mass is 9.52. The Morgan fingerprint density at radius 1 is 0.955 bits per heavy atom. The van der Waals surface area contributed by atoms with Crippen molar-refractivity contribution in [2.45, 2.75) is 49.8 Å². The number of carbonyl (C=O) groups excluding carboxylic acids is 1. The van der Waals surface area contributed by atoms with Gasteiger partial charge in [-0.2, -0.15) is 0 Å². The molecule has 1 amide bonds. The summed E-state index contributed by atoms with van der Waals surface area (Å²) in [4.78, 5) is 31.0. The van der Waals surface area contributed by atoms with E-state index in [1.165, 1.54) is 0 Å². The standard InChI is InChI=1S/C33H46N6O5/c1-42-21-27(22-43-2)37-11-9-36(10-12-37)26-7-8-30(34-20-26)38-13-14-39(29-6-4-3-5-28(29)38)44-32(40)35-31-24-15-23-16-25(31)19-33(41,17-23)18-24/h3-8,20,23-25,27,31,41H,9-19,21-22H2,1-2H3,(H,35,40)/t23?,24-,25+,31?,33?. The van der Waals surface area contributed by atoms with E-state index in [-0.39, 0.29) is 12.1 Å². The summed E-state index contributed by atoms with van der Waals surface area (Å²) in [7, 11) is 3.48. The van der Waals surface area contributed by atoms with E-state index in [1.807, 2.05) is 30.5 Å². The summed E-state index contributed by atoms with van der Waals surface area (Å²) in [5.74, 6) is 2.14. The number of para-hydroxylation sites is 2. The highest BCUT2D eigenvalue weighted by molar-refractivity contribution is 5.79. The molecule has 0 radical (unpaired) electrons. The number of hydroxylamine groups is 1. The van der Waals surface area contributed by atoms with Crippen molar-refractivity contribution >= 4 is 29.0 Å². The van der Waals surface area contributed by atoms with Gasteiger partial charge < -0.3 is 34.5 Å². The molecule has 4 saturated carbocycles. The summed E-state index contributed by atoms with van der Waals surface area (Å²) in [5.41, 5.74) is 2.40. The summed E-state index contributed by atoms with van der Waals surface area (Å²) in [6.07, 6.45) is 6.25. The van der Waals surface area contributed by atoms with Gasteiger partial charge in [-0.05, 0) is 74.1 Å². The molecule has 0 spiro atoms. The van der Waals surface area contributed by atoms with Crippen LogP contribution in [0.2, 0.25) is 0 Å². The smallest absolute Gasteiger partial charge is 0.390 e. The van der Waals surface area contributed by atoms with Crippen molar-refractivity contribution < 1.29 is 24.2 Å². The average molecular weight is 607 g/mol. The van der Waals surface area contributed by atoms with Crippen molar-refractivity contribution in [3.05, 3.63) is 42.6 Å². The Kier molecular flexibility index (Phi) is 8.30. The van der Waals surface area contributed by atoms with E-state index in [0.717, 1.165) is 81.2 Å². The first kappa shape index (κ1) is 29.6. The first-order valence-corrected chi connectivity index (χ1v) is 16.2. The van der Waals surface area contributed by atoms with E-state index in [1.54, 1.807) is 19.3 Å². The Balaban J connectivity index is 0.975. The number of piperazine rings is 1. The van der Waals surface area contributed by atoms with Gasteiger partial charge in [0.2, 0.25) is 0 Å². The molecular weight excluding hydrogens is 560 g/mol. The summed E-state index contributed by atoms with van der Waals surface area (Å²) in [6.45, 7) is 6.26. The Labute approximate surface area is 260 Å². The lowest BCUT2D eigenvalue weighted by Gasteiger charge is -2.57. The highest BCUT2D eigenvalue weighted by Crippen LogP contribution is 2.55. The average Bonchev–Trinajstić information content (AvgIpc) is 3.02. The minimum atomic E-state index is -0.521. The Hall–Kier alpha value is -3.12. The third kappa shape index (κ3) is 5.82. The molecule has 11 heteroatoms. The molecule has 3 heterocycles. The zero-order valence-electron chi connectivity index (χ0n) is 25.9. The predicted octanol–water partition coefficient (Wildman–Crippen LogP) is 3.40. The van der Waals surface area contributed by atoms with E-state index >= 15 is 0 Å². The molecule has 11 nitrogen and oxygen atoms in total. The van der Waals surface area contributed by atoms with Crippen molar-refractivity contribution in [1.29, 1.82) is 0 Å². The van der Waals surface area contributed by atoms with Crippen LogP contribution >= 0.6 is 0 Å². The Morgan fingerprint density at radius 2 is 1.66 bits per heavy atom. The number of fused-ring (bicyclic) bond motifs is 1. The monoisotopic (exact) mass is 606 g/mol. The number of anilines is 4. The van der Waals surface area contributed by atoms with E-state index in [0.29, 0.717) is 44.1 Å². The molecule has 4 aliphatic carbocycles. The summed E-state index contributed by atoms with van der Waals surface area (Å²) >= 11 is 0. The number of amides is 1. The van der Waals surface area contributed by atoms with E-state index in [4.69, 9.17) is 19.3 Å². The maximum absolute atomic E-state index is 13.2. The van der Waals surface area contributed by atoms with Gasteiger partial charge >= 0.3 is 6.09 Å². The number of methoxy groups -OCH3 is 2. The predicted molar refractivity (Wildman–Crippen MR) is 168 cm³/mol. The quantitative estimate of drug-likeness (QED) is 0.442. The lowest BCUT2D eigenvalue weighted by molar-refractivity contribution is -0.137. The van der Waals surface area contributed by atoms with Crippen molar-refractivity contribution in [3.8, 4) is 0 Å². The van der Waals surface area contributed by atoms with Crippen molar-refractivity contribution in [2.75, 3.05) is 81.6 Å². The third-order valence-electron chi connectivity index (χ3n) is 10.6. The molecule has 8 rings (SSSR count). The van der Waals surface area contributed by atoms with Crippen LogP contribution in [0.4, 0.5) is 27.7 Å². The molecule has 2 aromatic rings. The Morgan fingerprint density at radius 3 is 2.30 bits per heavy atom. The summed E-state index contributed by atoms with van der Waals surface area (Å²) < 4.78 is 10.8. The van der Waals surface area contributed by atoms with Crippen molar-refractivity contribution in [2.24, 2.45) is 17.8 Å². The largest absolute Gasteiger partial charge is 0.431 e. The maximum atomic E-state index is 13.2. The van der Waals surface area contributed by atoms with E-state index < -0.39 is 11.7 Å². The second kappa shape index (κ2) is 12.3. The molecule has 3 unspecified atom stereocenters. The lowest BCUT2D eigenvalue weighted by Crippen LogP contribution is -2.62. The fourth-order valence-electron chi connectivity index (χ4n) is 8.86. The normalized spacial score (nSPS) is 29.7. The molecule has 44 heavy (non-hydrogen) atoms. The zero-order chi connectivity index (χ0) is 30.3. The first-order chi connectivity index (χ1) is 21.4. The molecule has 5 fully saturated rings. The summed E-state index contributed by atoms with van der Waals surface area (Å²) in [6, 6.07) is 12.6. The number of rotatable bonds is 9. The van der Waals surface area contributed by atoms with Gasteiger partial charge in [0.25, 0.3) is 0 Å². The van der Waals surface area contributed by atoms with E-state index in [2.05, 4.69) is 32.1 Å². The number of hydrogen-bond acceptors (Lipinski definition) is 10. The molecule has 2 aliphatic heterocycles. The van der Waals surface area contributed by atoms with Crippen LogP contribution in [0.3, 0.4) is 0 Å². The fourth-order valence-corrected chi connectivity index (χ4v) is 8.86. The van der Waals surface area contributed by atoms with Crippen LogP contribution in [0.5, 0.6) is 0 Å². The number of ether oxygens (including phenoxy) is 2. The Bertz CT molecular complexity index is 1280. The molecule has 1 aromatic heterocycles. The number of hydrogen-bond donors (Lipinski definition) is 2. The van der Waals surface area contributed by atoms with Crippen molar-refractivity contribution in [3.63, 3.8) is 0 Å². The van der Waals surface area contributed by atoms with Crippen LogP contribution in [0.1, 0.15) is 32.1 Å². The molecule has 4 bridgehead atoms. The minimum Gasteiger partial charge on any atom is -0.390 e. The van der Waals surface area contributed by atoms with Gasteiger partial charge in [-0.15, -0.1) is 0 Å². The molecule has 2 N–H and O–H groups in total. The number of aliphatic hydroxyl groups is 1. The van der Waals surface area contributed by atoms with Crippen LogP contribution < -0.4 is 20.2 Å². The van der Waals surface area contributed by atoms with Gasteiger partial charge in [0.1, 0.15) is 5.82 Å². The number of aromatic nitrogens is 1. The molecule has 6 aliphatic rings. The number of pyridine rings is 1. The topological polar surface area (TPSA) is 103 Å². The number of carbonyl (C=O) groups is 1. The zero-order valence-corrected chi connectivity index (χ0v) is 25.9. The van der Waals surface area contributed by atoms with Gasteiger partial charge in [-0.3, -0.25) is 4.90 Å². The van der Waals surface area contributed by atoms with Crippen LogP contribution in [0.15, 0.2) is 42.6 Å². The van der Waals surface area contributed by atoms with Gasteiger partial charge in [-0.25, -0.2) is 14.8 Å². The van der Waals surface area contributed by atoms with Crippen LogP contribution in [-0.4, -0.2) is 105 Å². The van der Waals surface area contributed by atoms with Gasteiger partial charge in [0.05, 0.1) is 54.7 Å². The van der Waals surface area contributed by atoms with Crippen LogP contribution in [0, 0.1) is 17.8 Å². The second-order valence-electron chi connectivity index (χ2n) is 13.4. The SMILES string of the molecule is COCC(COC)N1CCN(c2ccc(N3CCN(OC(=O)NC4[C@@H]5CC6C[C@H]4CC(O)(C6)C5)c4ccccc43)nc2)CC1. The maximum Gasteiger partial charge on any atom is 0.431 e. The van der Waals surface area contributed by atoms with Gasteiger partial charge in [-0.1, -0.05) is 12.1 Å². The fraction of sp³-hybridized carbons (Fsp3) is 0.636. The molecular formula is C33H46N6O5. The second-order valence-corrected chi connectivity index (χ2v) is 13.4. The molecule has 1 saturated heterocycles. The van der Waals surface area contributed by atoms with Crippen LogP contribution in [-0.2, 0) is 14.3 Å². The van der Waals surface area contributed by atoms with Gasteiger partial charge in [0, 0.05) is 53.0 Å². The van der Waals surface area contributed by atoms with Crippen molar-refractivity contribution in [1.82, 2.24) is 15.2 Å². The molecule has 5 atom stereocenters. The molecule has 1 aromatic carbocycles. The highest BCUT2D eigenvalue weighted by atomic mass is 16.7. The first-order valence-electron chi connectivity index (χ1n) is 16.2. The molecule has 238 valence electrons. The number of benzene rings is 1.